The van der Waals surface area contributed by atoms with Crippen molar-refractivity contribution in [1.29, 1.82) is 0 Å². The molecular weight excluding hydrogens is 196 g/mol. The second kappa shape index (κ2) is 5.31. The molecule has 1 aromatic carbocycles. The summed E-state index contributed by atoms with van der Waals surface area (Å²) < 4.78 is 0. The van der Waals surface area contributed by atoms with Crippen molar-refractivity contribution >= 4 is 6.08 Å². The van der Waals surface area contributed by atoms with E-state index in [0.717, 1.165) is 17.6 Å². The number of aliphatic hydroxyl groups is 1. The van der Waals surface area contributed by atoms with Gasteiger partial charge in [0.1, 0.15) is 0 Å². The zero-order valence-electron chi connectivity index (χ0n) is 10.7. The fourth-order valence-electron chi connectivity index (χ4n) is 1.56. The molecule has 0 radical (unpaired) electrons. The average Bonchev–Trinajstić information content (AvgIpc) is 2.29. The van der Waals surface area contributed by atoms with Crippen LogP contribution in [0.25, 0.3) is 6.08 Å². The maximum Gasteiger partial charge on any atom is 0.0642 e. The standard InChI is InChI=1S/C15H22O/c1-5-15(3,4)14-8-6-13(7-9-14)10-12(2)11-16/h6-10,16H,5,11H2,1-4H3. The van der Waals surface area contributed by atoms with E-state index in [1.807, 2.05) is 13.0 Å². The molecule has 1 aromatic rings. The third-order valence-corrected chi connectivity index (χ3v) is 3.24. The minimum absolute atomic E-state index is 0.127. The Morgan fingerprint density at radius 1 is 1.25 bits per heavy atom. The van der Waals surface area contributed by atoms with Gasteiger partial charge in [-0.3, -0.25) is 0 Å². The Morgan fingerprint density at radius 3 is 2.25 bits per heavy atom. The summed E-state index contributed by atoms with van der Waals surface area (Å²) in [6.07, 6.45) is 3.15. The summed E-state index contributed by atoms with van der Waals surface area (Å²) in [6.45, 7) is 8.80. The van der Waals surface area contributed by atoms with Crippen molar-refractivity contribution in [2.24, 2.45) is 0 Å². The predicted molar refractivity (Wildman–Crippen MR) is 70.5 cm³/mol. The normalized spacial score (nSPS) is 12.9. The lowest BCUT2D eigenvalue weighted by Gasteiger charge is -2.23. The molecule has 0 aliphatic heterocycles. The highest BCUT2D eigenvalue weighted by Crippen LogP contribution is 2.26. The van der Waals surface area contributed by atoms with Gasteiger partial charge in [-0.2, -0.15) is 0 Å². The van der Waals surface area contributed by atoms with Crippen molar-refractivity contribution in [3.05, 3.63) is 41.0 Å². The molecule has 0 amide bonds. The van der Waals surface area contributed by atoms with Crippen molar-refractivity contribution in [2.75, 3.05) is 6.61 Å². The largest absolute Gasteiger partial charge is 0.392 e. The van der Waals surface area contributed by atoms with Gasteiger partial charge in [0.15, 0.2) is 0 Å². The maximum atomic E-state index is 8.95. The molecule has 1 rings (SSSR count). The Kier molecular flexibility index (Phi) is 4.31. The van der Waals surface area contributed by atoms with E-state index in [0.29, 0.717) is 0 Å². The van der Waals surface area contributed by atoms with E-state index in [-0.39, 0.29) is 12.0 Å². The van der Waals surface area contributed by atoms with Crippen molar-refractivity contribution < 1.29 is 5.11 Å². The number of aliphatic hydroxyl groups excluding tert-OH is 1. The van der Waals surface area contributed by atoms with Crippen LogP contribution in [0.15, 0.2) is 29.8 Å². The third-order valence-electron chi connectivity index (χ3n) is 3.24. The van der Waals surface area contributed by atoms with Gasteiger partial charge in [-0.1, -0.05) is 51.1 Å². The summed E-state index contributed by atoms with van der Waals surface area (Å²) in [7, 11) is 0. The van der Waals surface area contributed by atoms with Gasteiger partial charge in [0.2, 0.25) is 0 Å². The van der Waals surface area contributed by atoms with E-state index >= 15 is 0 Å². The molecule has 1 heteroatoms. The van der Waals surface area contributed by atoms with Crippen LogP contribution >= 0.6 is 0 Å². The minimum Gasteiger partial charge on any atom is -0.392 e. The first kappa shape index (κ1) is 13.0. The molecule has 16 heavy (non-hydrogen) atoms. The third kappa shape index (κ3) is 3.21. The molecule has 0 fully saturated rings. The second-order valence-electron chi connectivity index (χ2n) is 5.01. The lowest BCUT2D eigenvalue weighted by atomic mass is 9.82. The van der Waals surface area contributed by atoms with Crippen molar-refractivity contribution in [3.8, 4) is 0 Å². The van der Waals surface area contributed by atoms with Crippen molar-refractivity contribution in [2.45, 2.75) is 39.5 Å². The number of hydrogen-bond acceptors (Lipinski definition) is 1. The van der Waals surface area contributed by atoms with Crippen LogP contribution in [0.3, 0.4) is 0 Å². The van der Waals surface area contributed by atoms with E-state index in [9.17, 15) is 0 Å². The van der Waals surface area contributed by atoms with E-state index in [2.05, 4.69) is 45.0 Å². The quantitative estimate of drug-likeness (QED) is 0.815. The Bertz CT molecular complexity index is 358. The van der Waals surface area contributed by atoms with Gasteiger partial charge in [-0.15, -0.1) is 0 Å². The van der Waals surface area contributed by atoms with E-state index in [4.69, 9.17) is 5.11 Å². The second-order valence-corrected chi connectivity index (χ2v) is 5.01. The fraction of sp³-hybridized carbons (Fsp3) is 0.467. The van der Waals surface area contributed by atoms with Gasteiger partial charge in [0, 0.05) is 0 Å². The molecule has 88 valence electrons. The van der Waals surface area contributed by atoms with Crippen molar-refractivity contribution in [1.82, 2.24) is 0 Å². The molecule has 0 aliphatic carbocycles. The smallest absolute Gasteiger partial charge is 0.0642 e. The summed E-state index contributed by atoms with van der Waals surface area (Å²) in [5, 5.41) is 8.95. The van der Waals surface area contributed by atoms with Crippen LogP contribution in [0, 0.1) is 0 Å². The highest BCUT2D eigenvalue weighted by molar-refractivity contribution is 5.53. The monoisotopic (exact) mass is 218 g/mol. The topological polar surface area (TPSA) is 20.2 Å². The van der Waals surface area contributed by atoms with Crippen molar-refractivity contribution in [3.63, 3.8) is 0 Å². The van der Waals surface area contributed by atoms with Gasteiger partial charge in [-0.05, 0) is 35.5 Å². The van der Waals surface area contributed by atoms with Gasteiger partial charge < -0.3 is 5.11 Å². The molecular formula is C15H22O. The SMILES string of the molecule is CCC(C)(C)c1ccc(C=C(C)CO)cc1. The highest BCUT2D eigenvalue weighted by atomic mass is 16.3. The molecule has 0 heterocycles. The van der Waals surface area contributed by atoms with Crippen LogP contribution in [0.5, 0.6) is 0 Å². The zero-order chi connectivity index (χ0) is 12.2. The van der Waals surface area contributed by atoms with Crippen LogP contribution < -0.4 is 0 Å². The summed E-state index contributed by atoms with van der Waals surface area (Å²) >= 11 is 0. The molecule has 0 saturated heterocycles. The Balaban J connectivity index is 2.92. The summed E-state index contributed by atoms with van der Waals surface area (Å²) in [5.41, 5.74) is 3.76. The van der Waals surface area contributed by atoms with Gasteiger partial charge in [0.05, 0.1) is 6.61 Å². The molecule has 0 bridgehead atoms. The van der Waals surface area contributed by atoms with Crippen LogP contribution in [0.4, 0.5) is 0 Å². The maximum absolute atomic E-state index is 8.95. The number of rotatable bonds is 4. The van der Waals surface area contributed by atoms with Crippen LogP contribution in [-0.4, -0.2) is 11.7 Å². The number of hydrogen-bond donors (Lipinski definition) is 1. The lowest BCUT2D eigenvalue weighted by Crippen LogP contribution is -2.14. The first-order valence-corrected chi connectivity index (χ1v) is 5.88. The molecule has 0 saturated carbocycles. The Hall–Kier alpha value is -1.08. The first-order valence-electron chi connectivity index (χ1n) is 5.88. The van der Waals surface area contributed by atoms with Gasteiger partial charge in [-0.25, -0.2) is 0 Å². The van der Waals surface area contributed by atoms with Gasteiger partial charge >= 0.3 is 0 Å². The lowest BCUT2D eigenvalue weighted by molar-refractivity contribution is 0.332. The molecule has 0 atom stereocenters. The predicted octanol–water partition coefficient (Wildman–Crippen LogP) is 3.77. The molecule has 0 spiro atoms. The van der Waals surface area contributed by atoms with Gasteiger partial charge in [0.25, 0.3) is 0 Å². The van der Waals surface area contributed by atoms with Crippen LogP contribution in [0.2, 0.25) is 0 Å². The first-order chi connectivity index (χ1) is 7.49. The summed E-state index contributed by atoms with van der Waals surface area (Å²) in [5.74, 6) is 0. The molecule has 0 aromatic heterocycles. The molecule has 1 nitrogen and oxygen atoms in total. The van der Waals surface area contributed by atoms with Crippen LogP contribution in [0.1, 0.15) is 45.2 Å². The Morgan fingerprint density at radius 2 is 1.81 bits per heavy atom. The summed E-state index contributed by atoms with van der Waals surface area (Å²) in [6, 6.07) is 8.60. The zero-order valence-corrected chi connectivity index (χ0v) is 10.7. The number of benzene rings is 1. The molecule has 1 N–H and O–H groups in total. The highest BCUT2D eigenvalue weighted by Gasteiger charge is 2.17. The minimum atomic E-state index is 0.127. The van der Waals surface area contributed by atoms with Crippen LogP contribution in [-0.2, 0) is 5.41 Å². The summed E-state index contributed by atoms with van der Waals surface area (Å²) in [4.78, 5) is 0. The van der Waals surface area contributed by atoms with E-state index in [1.54, 1.807) is 0 Å². The van der Waals surface area contributed by atoms with E-state index in [1.165, 1.54) is 5.56 Å². The molecule has 0 aliphatic rings. The Labute approximate surface area is 98.8 Å². The fourth-order valence-corrected chi connectivity index (χ4v) is 1.56. The van der Waals surface area contributed by atoms with E-state index < -0.39 is 0 Å². The molecule has 0 unspecified atom stereocenters. The average molecular weight is 218 g/mol.